The summed E-state index contributed by atoms with van der Waals surface area (Å²) in [5.41, 5.74) is -0.323. The number of ether oxygens (including phenoxy) is 1. The Morgan fingerprint density at radius 2 is 2.06 bits per heavy atom. The number of hydrogen-bond donors (Lipinski definition) is 1. The number of aliphatic carboxylic acids is 1. The van der Waals surface area contributed by atoms with Crippen LogP contribution in [0.1, 0.15) is 13.8 Å². The summed E-state index contributed by atoms with van der Waals surface area (Å²) in [7, 11) is 0. The van der Waals surface area contributed by atoms with Crippen molar-refractivity contribution in [3.8, 4) is 0 Å². The summed E-state index contributed by atoms with van der Waals surface area (Å²) in [6, 6.07) is 0. The smallest absolute Gasteiger partial charge is 0.309 e. The van der Waals surface area contributed by atoms with Crippen LogP contribution in [0, 0.1) is 17.3 Å². The van der Waals surface area contributed by atoms with Crippen molar-refractivity contribution in [3.05, 3.63) is 0 Å². The fourth-order valence-corrected chi connectivity index (χ4v) is 2.50. The molecular formula is C11H17NO4. The minimum atomic E-state index is -0.817. The first-order chi connectivity index (χ1) is 7.46. The Kier molecular flexibility index (Phi) is 2.66. The van der Waals surface area contributed by atoms with Crippen LogP contribution in [0.3, 0.4) is 0 Å². The molecule has 16 heavy (non-hydrogen) atoms. The molecular weight excluding hydrogens is 210 g/mol. The van der Waals surface area contributed by atoms with Crippen molar-refractivity contribution in [1.82, 2.24) is 4.90 Å². The van der Waals surface area contributed by atoms with Crippen molar-refractivity contribution >= 4 is 11.9 Å². The average Bonchev–Trinajstić information content (AvgIpc) is 2.55. The third-order valence-corrected chi connectivity index (χ3v) is 3.53. The number of nitrogens with zero attached hydrogens (tertiary/aromatic N) is 1. The zero-order valence-corrected chi connectivity index (χ0v) is 9.60. The largest absolute Gasteiger partial charge is 0.481 e. The summed E-state index contributed by atoms with van der Waals surface area (Å²) >= 11 is 0. The molecule has 0 aromatic rings. The Hall–Kier alpha value is -1.10. The molecule has 2 aliphatic rings. The molecule has 1 atom stereocenters. The molecule has 1 unspecified atom stereocenters. The molecule has 2 fully saturated rings. The van der Waals surface area contributed by atoms with E-state index in [1.165, 1.54) is 0 Å². The molecule has 90 valence electrons. The first-order valence-electron chi connectivity index (χ1n) is 5.55. The van der Waals surface area contributed by atoms with Crippen LogP contribution in [0.25, 0.3) is 0 Å². The van der Waals surface area contributed by atoms with Gasteiger partial charge in [0.05, 0.1) is 19.1 Å². The van der Waals surface area contributed by atoms with Crippen LogP contribution in [0.4, 0.5) is 0 Å². The predicted molar refractivity (Wildman–Crippen MR) is 55.8 cm³/mol. The quantitative estimate of drug-likeness (QED) is 0.732. The van der Waals surface area contributed by atoms with Gasteiger partial charge in [0, 0.05) is 24.4 Å². The highest BCUT2D eigenvalue weighted by Crippen LogP contribution is 2.42. The van der Waals surface area contributed by atoms with Gasteiger partial charge in [-0.05, 0) is 0 Å². The van der Waals surface area contributed by atoms with Gasteiger partial charge in [-0.2, -0.15) is 0 Å². The fourth-order valence-electron chi connectivity index (χ4n) is 2.50. The second-order valence-corrected chi connectivity index (χ2v) is 5.12. The average molecular weight is 227 g/mol. The zero-order valence-electron chi connectivity index (χ0n) is 9.60. The highest BCUT2D eigenvalue weighted by molar-refractivity contribution is 5.81. The lowest BCUT2D eigenvalue weighted by Crippen LogP contribution is -2.51. The molecule has 2 aliphatic heterocycles. The molecule has 0 aromatic carbocycles. The highest BCUT2D eigenvalue weighted by Gasteiger charge is 2.56. The van der Waals surface area contributed by atoms with E-state index < -0.39 is 11.9 Å². The molecule has 1 amide bonds. The molecule has 0 bridgehead atoms. The minimum Gasteiger partial charge on any atom is -0.481 e. The molecule has 0 saturated carbocycles. The van der Waals surface area contributed by atoms with Gasteiger partial charge in [0.2, 0.25) is 5.91 Å². The monoisotopic (exact) mass is 227 g/mol. The van der Waals surface area contributed by atoms with E-state index in [9.17, 15) is 9.59 Å². The molecule has 5 nitrogen and oxygen atoms in total. The van der Waals surface area contributed by atoms with Gasteiger partial charge < -0.3 is 14.7 Å². The highest BCUT2D eigenvalue weighted by atomic mass is 16.5. The van der Waals surface area contributed by atoms with Crippen molar-refractivity contribution in [1.29, 1.82) is 0 Å². The van der Waals surface area contributed by atoms with Crippen LogP contribution in [0.5, 0.6) is 0 Å². The number of amides is 1. The van der Waals surface area contributed by atoms with Crippen LogP contribution in [0.2, 0.25) is 0 Å². The first kappa shape index (κ1) is 11.4. The number of carboxylic acids is 1. The number of carbonyl (C=O) groups is 2. The number of likely N-dealkylation sites (tertiary alicyclic amines) is 1. The molecule has 2 saturated heterocycles. The van der Waals surface area contributed by atoms with Crippen molar-refractivity contribution < 1.29 is 19.4 Å². The number of hydrogen-bond acceptors (Lipinski definition) is 3. The summed E-state index contributed by atoms with van der Waals surface area (Å²) in [6.45, 7) is 5.45. The Balaban J connectivity index is 2.13. The van der Waals surface area contributed by atoms with Crippen molar-refractivity contribution in [2.24, 2.45) is 17.3 Å². The molecule has 0 aromatic heterocycles. The minimum absolute atomic E-state index is 0.0371. The Labute approximate surface area is 94.4 Å². The van der Waals surface area contributed by atoms with Gasteiger partial charge in [-0.3, -0.25) is 9.59 Å². The molecule has 1 spiro atoms. The predicted octanol–water partition coefficient (Wildman–Crippen LogP) is 0.202. The van der Waals surface area contributed by atoms with E-state index in [2.05, 4.69) is 0 Å². The van der Waals surface area contributed by atoms with Gasteiger partial charge in [-0.25, -0.2) is 0 Å². The summed E-state index contributed by atoms with van der Waals surface area (Å²) in [4.78, 5) is 24.7. The SMILES string of the molecule is CC(C)C(=O)N1CC(C(=O)O)C2(COC2)C1. The first-order valence-corrected chi connectivity index (χ1v) is 5.55. The van der Waals surface area contributed by atoms with Gasteiger partial charge in [0.1, 0.15) is 0 Å². The van der Waals surface area contributed by atoms with E-state index in [0.29, 0.717) is 26.3 Å². The maximum atomic E-state index is 11.8. The van der Waals surface area contributed by atoms with Crippen LogP contribution in [-0.2, 0) is 14.3 Å². The lowest BCUT2D eigenvalue weighted by molar-refractivity contribution is -0.165. The van der Waals surface area contributed by atoms with Gasteiger partial charge >= 0.3 is 5.97 Å². The molecule has 1 N–H and O–H groups in total. The maximum Gasteiger partial charge on any atom is 0.309 e. The molecule has 2 heterocycles. The van der Waals surface area contributed by atoms with E-state index in [1.807, 2.05) is 13.8 Å². The van der Waals surface area contributed by atoms with Crippen LogP contribution >= 0.6 is 0 Å². The number of rotatable bonds is 2. The van der Waals surface area contributed by atoms with E-state index in [-0.39, 0.29) is 17.2 Å². The van der Waals surface area contributed by atoms with E-state index >= 15 is 0 Å². The third-order valence-electron chi connectivity index (χ3n) is 3.53. The molecule has 5 heteroatoms. The molecule has 2 rings (SSSR count). The zero-order chi connectivity index (χ0) is 11.9. The number of carboxylic acid groups (broad SMARTS) is 1. The maximum absolute atomic E-state index is 11.8. The second-order valence-electron chi connectivity index (χ2n) is 5.12. The van der Waals surface area contributed by atoms with Crippen LogP contribution in [0.15, 0.2) is 0 Å². The van der Waals surface area contributed by atoms with Crippen LogP contribution in [-0.4, -0.2) is 48.2 Å². The van der Waals surface area contributed by atoms with E-state index in [0.717, 1.165) is 0 Å². The molecule has 0 radical (unpaired) electrons. The Morgan fingerprint density at radius 3 is 2.38 bits per heavy atom. The number of carbonyl (C=O) groups excluding carboxylic acids is 1. The lowest BCUT2D eigenvalue weighted by Gasteiger charge is -2.40. The summed E-state index contributed by atoms with van der Waals surface area (Å²) < 4.78 is 5.13. The Morgan fingerprint density at radius 1 is 1.44 bits per heavy atom. The van der Waals surface area contributed by atoms with Gasteiger partial charge in [-0.15, -0.1) is 0 Å². The Bertz CT molecular complexity index is 322. The van der Waals surface area contributed by atoms with Gasteiger partial charge in [0.25, 0.3) is 0 Å². The summed E-state index contributed by atoms with van der Waals surface area (Å²) in [5.74, 6) is -1.33. The van der Waals surface area contributed by atoms with Gasteiger partial charge in [-0.1, -0.05) is 13.8 Å². The topological polar surface area (TPSA) is 66.8 Å². The van der Waals surface area contributed by atoms with Crippen molar-refractivity contribution in [2.45, 2.75) is 13.8 Å². The fraction of sp³-hybridized carbons (Fsp3) is 0.818. The third kappa shape index (κ3) is 1.59. The lowest BCUT2D eigenvalue weighted by atomic mass is 9.76. The standard InChI is InChI=1S/C11H17NO4/c1-7(2)9(13)12-3-8(10(14)15)11(4-12)5-16-6-11/h7-8H,3-6H2,1-2H3,(H,14,15). The van der Waals surface area contributed by atoms with E-state index in [1.54, 1.807) is 4.90 Å². The molecule has 0 aliphatic carbocycles. The van der Waals surface area contributed by atoms with E-state index in [4.69, 9.17) is 9.84 Å². The summed E-state index contributed by atoms with van der Waals surface area (Å²) in [5, 5.41) is 9.16. The van der Waals surface area contributed by atoms with Crippen LogP contribution < -0.4 is 0 Å². The van der Waals surface area contributed by atoms with Crippen molar-refractivity contribution in [3.63, 3.8) is 0 Å². The second kappa shape index (κ2) is 3.73. The van der Waals surface area contributed by atoms with Crippen molar-refractivity contribution in [2.75, 3.05) is 26.3 Å². The normalized spacial score (nSPS) is 27.2. The van der Waals surface area contributed by atoms with Gasteiger partial charge in [0.15, 0.2) is 0 Å². The summed E-state index contributed by atoms with van der Waals surface area (Å²) in [6.07, 6.45) is 0.